The first-order chi connectivity index (χ1) is 16.7. The molecule has 0 aliphatic carbocycles. The highest BCUT2D eigenvalue weighted by atomic mass is 32.2. The molecule has 1 amide bonds. The van der Waals surface area contributed by atoms with E-state index >= 15 is 0 Å². The lowest BCUT2D eigenvalue weighted by atomic mass is 10.0. The molecule has 1 unspecified atom stereocenters. The van der Waals surface area contributed by atoms with E-state index in [1.807, 2.05) is 15.6 Å². The Morgan fingerprint density at radius 3 is 2.65 bits per heavy atom. The Labute approximate surface area is 203 Å². The summed E-state index contributed by atoms with van der Waals surface area (Å²) in [5.41, 5.74) is 5.85. The van der Waals surface area contributed by atoms with Gasteiger partial charge in [0.05, 0.1) is 30.7 Å². The molecule has 0 radical (unpaired) electrons. The van der Waals surface area contributed by atoms with Crippen LogP contribution in [0.5, 0.6) is 0 Å². The molecule has 4 heterocycles. The van der Waals surface area contributed by atoms with Gasteiger partial charge in [-0.1, -0.05) is 30.3 Å². The molecule has 3 aliphatic heterocycles. The van der Waals surface area contributed by atoms with Crippen LogP contribution in [0.15, 0.2) is 53.4 Å². The first-order valence-corrected chi connectivity index (χ1v) is 12.9. The van der Waals surface area contributed by atoms with E-state index in [1.54, 1.807) is 11.8 Å². The molecule has 0 spiro atoms. The standard InChI is InChI=1S/C26H28N4O3S/c31-20-9-10-28(16-20)15-18-5-7-19(8-6-18)30-25-21-3-1-2-4-23(21)34-17-22(25)24(27-30)26(32)29-11-13-33-14-12-29/h1-8,20,31H,9-17H2. The van der Waals surface area contributed by atoms with Crippen molar-refractivity contribution >= 4 is 17.7 Å². The quantitative estimate of drug-likeness (QED) is 0.624. The predicted molar refractivity (Wildman–Crippen MR) is 131 cm³/mol. The van der Waals surface area contributed by atoms with Gasteiger partial charge in [-0.15, -0.1) is 11.8 Å². The highest BCUT2D eigenvalue weighted by Gasteiger charge is 2.32. The SMILES string of the molecule is O=C(c1nn(-c2ccc(CN3CCC(O)C3)cc2)c2c1CSc1ccccc1-2)N1CCOCC1. The Morgan fingerprint density at radius 1 is 1.09 bits per heavy atom. The number of carbonyl (C=O) groups excluding carboxylic acids is 1. The minimum Gasteiger partial charge on any atom is -0.392 e. The van der Waals surface area contributed by atoms with Gasteiger partial charge < -0.3 is 14.7 Å². The maximum absolute atomic E-state index is 13.5. The van der Waals surface area contributed by atoms with Crippen LogP contribution in [-0.2, 0) is 17.0 Å². The molecule has 1 N–H and O–H groups in total. The molecule has 1 aromatic heterocycles. The normalized spacial score (nSPS) is 20.3. The van der Waals surface area contributed by atoms with Gasteiger partial charge in [0, 0.05) is 54.5 Å². The van der Waals surface area contributed by atoms with Gasteiger partial charge in [-0.25, -0.2) is 4.68 Å². The monoisotopic (exact) mass is 476 g/mol. The van der Waals surface area contributed by atoms with Crippen LogP contribution in [0.2, 0.25) is 0 Å². The number of rotatable bonds is 4. The van der Waals surface area contributed by atoms with Gasteiger partial charge in [0.15, 0.2) is 5.69 Å². The molecule has 34 heavy (non-hydrogen) atoms. The summed E-state index contributed by atoms with van der Waals surface area (Å²) in [5, 5.41) is 14.7. The van der Waals surface area contributed by atoms with Crippen LogP contribution in [-0.4, -0.2) is 76.1 Å². The number of hydrogen-bond acceptors (Lipinski definition) is 6. The maximum atomic E-state index is 13.5. The summed E-state index contributed by atoms with van der Waals surface area (Å²) < 4.78 is 7.39. The summed E-state index contributed by atoms with van der Waals surface area (Å²) in [5.74, 6) is 0.718. The molecule has 2 aromatic carbocycles. The van der Waals surface area contributed by atoms with Crippen molar-refractivity contribution in [2.24, 2.45) is 0 Å². The molecular weight excluding hydrogens is 448 g/mol. The van der Waals surface area contributed by atoms with Crippen LogP contribution in [0.4, 0.5) is 0 Å². The van der Waals surface area contributed by atoms with Crippen LogP contribution >= 0.6 is 11.8 Å². The Kier molecular flexibility index (Phi) is 5.90. The summed E-state index contributed by atoms with van der Waals surface area (Å²) in [6.07, 6.45) is 0.629. The third-order valence-electron chi connectivity index (χ3n) is 6.83. The summed E-state index contributed by atoms with van der Waals surface area (Å²) >= 11 is 1.76. The fourth-order valence-electron chi connectivity index (χ4n) is 5.03. The Hall–Kier alpha value is -2.65. The molecular formula is C26H28N4O3S. The van der Waals surface area contributed by atoms with E-state index in [1.165, 1.54) is 10.5 Å². The summed E-state index contributed by atoms with van der Waals surface area (Å²) in [6.45, 7) is 4.83. The van der Waals surface area contributed by atoms with Gasteiger partial charge >= 0.3 is 0 Å². The smallest absolute Gasteiger partial charge is 0.274 e. The fourth-order valence-corrected chi connectivity index (χ4v) is 6.10. The minimum absolute atomic E-state index is 0.0116. The molecule has 3 aliphatic rings. The van der Waals surface area contributed by atoms with Gasteiger partial charge in [-0.05, 0) is 30.2 Å². The lowest BCUT2D eigenvalue weighted by Crippen LogP contribution is -2.41. The van der Waals surface area contributed by atoms with Crippen molar-refractivity contribution in [2.75, 3.05) is 39.4 Å². The number of carbonyl (C=O) groups is 1. The van der Waals surface area contributed by atoms with Crippen molar-refractivity contribution in [3.05, 3.63) is 65.4 Å². The second-order valence-corrected chi connectivity index (χ2v) is 10.1. The molecule has 1 atom stereocenters. The number of nitrogens with zero attached hydrogens (tertiary/aromatic N) is 4. The molecule has 0 saturated carbocycles. The molecule has 8 heteroatoms. The lowest BCUT2D eigenvalue weighted by Gasteiger charge is -2.26. The highest BCUT2D eigenvalue weighted by Crippen LogP contribution is 2.43. The zero-order chi connectivity index (χ0) is 23.1. The van der Waals surface area contributed by atoms with E-state index in [-0.39, 0.29) is 12.0 Å². The number of ether oxygens (including phenoxy) is 1. The van der Waals surface area contributed by atoms with Gasteiger partial charge in [0.2, 0.25) is 0 Å². The first-order valence-electron chi connectivity index (χ1n) is 11.9. The molecule has 7 nitrogen and oxygen atoms in total. The number of fused-ring (bicyclic) bond motifs is 3. The zero-order valence-electron chi connectivity index (χ0n) is 19.0. The summed E-state index contributed by atoms with van der Waals surface area (Å²) in [4.78, 5) is 18.8. The minimum atomic E-state index is -0.213. The van der Waals surface area contributed by atoms with Crippen molar-refractivity contribution in [2.45, 2.75) is 29.7 Å². The number of aliphatic hydroxyl groups excluding tert-OH is 1. The molecule has 6 rings (SSSR count). The van der Waals surface area contributed by atoms with E-state index in [4.69, 9.17) is 9.84 Å². The van der Waals surface area contributed by atoms with Crippen molar-refractivity contribution in [1.29, 1.82) is 0 Å². The fraction of sp³-hybridized carbons (Fsp3) is 0.385. The Morgan fingerprint density at radius 2 is 1.88 bits per heavy atom. The number of thioether (sulfide) groups is 1. The topological polar surface area (TPSA) is 70.8 Å². The third kappa shape index (κ3) is 4.05. The number of morpholine rings is 1. The van der Waals surface area contributed by atoms with E-state index < -0.39 is 0 Å². The van der Waals surface area contributed by atoms with Crippen LogP contribution in [0.3, 0.4) is 0 Å². The van der Waals surface area contributed by atoms with Crippen LogP contribution in [0.1, 0.15) is 28.0 Å². The van der Waals surface area contributed by atoms with Gasteiger partial charge in [-0.2, -0.15) is 5.10 Å². The second kappa shape index (κ2) is 9.19. The summed E-state index contributed by atoms with van der Waals surface area (Å²) in [7, 11) is 0. The van der Waals surface area contributed by atoms with Crippen molar-refractivity contribution in [1.82, 2.24) is 19.6 Å². The number of benzene rings is 2. The predicted octanol–water partition coefficient (Wildman–Crippen LogP) is 3.18. The van der Waals surface area contributed by atoms with E-state index in [0.29, 0.717) is 32.0 Å². The Balaban J connectivity index is 1.37. The van der Waals surface area contributed by atoms with Crippen molar-refractivity contribution in [3.63, 3.8) is 0 Å². The number of hydrogen-bond donors (Lipinski definition) is 1. The van der Waals surface area contributed by atoms with Crippen LogP contribution in [0.25, 0.3) is 16.9 Å². The van der Waals surface area contributed by atoms with Gasteiger partial charge in [-0.3, -0.25) is 9.69 Å². The number of β-amino-alcohol motifs (C(OH)–C–C–N with tert-alkyl or cyclic N) is 1. The first kappa shape index (κ1) is 21.9. The molecule has 176 valence electrons. The average molecular weight is 477 g/mol. The second-order valence-electron chi connectivity index (χ2n) is 9.12. The van der Waals surface area contributed by atoms with Gasteiger partial charge in [0.25, 0.3) is 5.91 Å². The third-order valence-corrected chi connectivity index (χ3v) is 7.93. The Bertz CT molecular complexity index is 1200. The maximum Gasteiger partial charge on any atom is 0.274 e. The number of aromatic nitrogens is 2. The average Bonchev–Trinajstić information content (AvgIpc) is 3.48. The lowest BCUT2D eigenvalue weighted by molar-refractivity contribution is 0.0298. The van der Waals surface area contributed by atoms with E-state index in [2.05, 4.69) is 47.4 Å². The van der Waals surface area contributed by atoms with E-state index in [0.717, 1.165) is 54.3 Å². The molecule has 0 bridgehead atoms. The number of aliphatic hydroxyl groups is 1. The number of likely N-dealkylation sites (tertiary alicyclic amines) is 1. The molecule has 2 fully saturated rings. The number of amides is 1. The largest absolute Gasteiger partial charge is 0.392 e. The van der Waals surface area contributed by atoms with Gasteiger partial charge in [0.1, 0.15) is 0 Å². The molecule has 2 saturated heterocycles. The van der Waals surface area contributed by atoms with Crippen molar-refractivity contribution in [3.8, 4) is 16.9 Å². The van der Waals surface area contributed by atoms with E-state index in [9.17, 15) is 9.90 Å². The van der Waals surface area contributed by atoms with Crippen LogP contribution < -0.4 is 0 Å². The van der Waals surface area contributed by atoms with Crippen LogP contribution in [0, 0.1) is 0 Å². The van der Waals surface area contributed by atoms with Crippen molar-refractivity contribution < 1.29 is 14.6 Å². The highest BCUT2D eigenvalue weighted by molar-refractivity contribution is 7.98. The zero-order valence-corrected chi connectivity index (χ0v) is 19.8. The summed E-state index contributed by atoms with van der Waals surface area (Å²) in [6, 6.07) is 16.8. The molecule has 3 aromatic rings.